The number of amides is 2. The van der Waals surface area contributed by atoms with Crippen LogP contribution < -0.4 is 5.32 Å². The third-order valence-corrected chi connectivity index (χ3v) is 4.10. The summed E-state index contributed by atoms with van der Waals surface area (Å²) in [6, 6.07) is 1.91. The van der Waals surface area contributed by atoms with E-state index in [2.05, 4.69) is 5.32 Å². The lowest BCUT2D eigenvalue weighted by atomic mass is 10.2. The molecule has 1 aromatic rings. The van der Waals surface area contributed by atoms with E-state index in [0.717, 1.165) is 5.56 Å². The first-order valence-corrected chi connectivity index (χ1v) is 7.52. The van der Waals surface area contributed by atoms with Gasteiger partial charge in [-0.25, -0.2) is 4.79 Å². The zero-order valence-corrected chi connectivity index (χ0v) is 12.2. The fraction of sp³-hybridized carbons (Fsp3) is 0.538. The molecule has 2 N–H and O–H groups in total. The van der Waals surface area contributed by atoms with Crippen LogP contribution in [-0.2, 0) is 4.79 Å². The zero-order valence-electron chi connectivity index (χ0n) is 11.4. The minimum atomic E-state index is -0.825. The summed E-state index contributed by atoms with van der Waals surface area (Å²) in [5.41, 5.74) is 1.10. The molecule has 0 saturated carbocycles. The smallest absolute Gasteiger partial charge is 0.317 e. The molecule has 20 heavy (non-hydrogen) atoms. The van der Waals surface area contributed by atoms with Gasteiger partial charge in [0.15, 0.2) is 0 Å². The fourth-order valence-corrected chi connectivity index (χ4v) is 2.94. The maximum Gasteiger partial charge on any atom is 0.317 e. The Morgan fingerprint density at radius 3 is 2.65 bits per heavy atom. The van der Waals surface area contributed by atoms with Crippen molar-refractivity contribution in [2.45, 2.75) is 13.0 Å². The molecule has 2 amide bonds. The third kappa shape index (κ3) is 3.94. The molecule has 1 aliphatic heterocycles. The number of urea groups is 1. The van der Waals surface area contributed by atoms with Crippen LogP contribution in [0.1, 0.15) is 18.5 Å². The molecule has 110 valence electrons. The molecule has 0 aromatic carbocycles. The number of carbonyl (C=O) groups excluding carboxylic acids is 1. The maximum absolute atomic E-state index is 12.1. The molecule has 0 aliphatic carbocycles. The molecule has 0 radical (unpaired) electrons. The Balaban J connectivity index is 1.78. The average molecular weight is 297 g/mol. The van der Waals surface area contributed by atoms with E-state index in [0.29, 0.717) is 26.2 Å². The molecule has 1 saturated heterocycles. The van der Waals surface area contributed by atoms with Crippen molar-refractivity contribution < 1.29 is 14.7 Å². The number of nitrogens with zero attached hydrogens (tertiary/aromatic N) is 2. The summed E-state index contributed by atoms with van der Waals surface area (Å²) in [5, 5.41) is 15.7. The van der Waals surface area contributed by atoms with Crippen LogP contribution in [0.5, 0.6) is 0 Å². The van der Waals surface area contributed by atoms with Gasteiger partial charge in [-0.3, -0.25) is 9.69 Å². The molecule has 2 heterocycles. The lowest BCUT2D eigenvalue weighted by molar-refractivity contribution is -0.138. The first-order valence-electron chi connectivity index (χ1n) is 6.58. The minimum absolute atomic E-state index is 0.00852. The van der Waals surface area contributed by atoms with Gasteiger partial charge in [-0.05, 0) is 29.3 Å². The van der Waals surface area contributed by atoms with Gasteiger partial charge in [0.25, 0.3) is 0 Å². The van der Waals surface area contributed by atoms with E-state index in [4.69, 9.17) is 5.11 Å². The summed E-state index contributed by atoms with van der Waals surface area (Å²) in [7, 11) is 0. The average Bonchev–Trinajstić information content (AvgIpc) is 2.92. The zero-order chi connectivity index (χ0) is 14.5. The number of hydrogen-bond donors (Lipinski definition) is 2. The van der Waals surface area contributed by atoms with Crippen molar-refractivity contribution in [3.8, 4) is 0 Å². The van der Waals surface area contributed by atoms with Gasteiger partial charge in [0.05, 0.1) is 12.6 Å². The van der Waals surface area contributed by atoms with Crippen molar-refractivity contribution in [2.75, 3.05) is 32.7 Å². The molecule has 1 fully saturated rings. The van der Waals surface area contributed by atoms with Crippen molar-refractivity contribution in [3.63, 3.8) is 0 Å². The molecule has 1 aliphatic rings. The van der Waals surface area contributed by atoms with Crippen LogP contribution in [0.4, 0.5) is 4.79 Å². The van der Waals surface area contributed by atoms with Crippen LogP contribution in [0.25, 0.3) is 0 Å². The van der Waals surface area contributed by atoms with E-state index >= 15 is 0 Å². The Bertz CT molecular complexity index is 455. The Morgan fingerprint density at radius 1 is 1.40 bits per heavy atom. The SMILES string of the molecule is CC(NC(=O)N1CCN(CC(=O)O)CC1)c1ccsc1. The molecule has 0 spiro atoms. The molecule has 1 unspecified atom stereocenters. The fourth-order valence-electron chi connectivity index (χ4n) is 2.18. The third-order valence-electron chi connectivity index (χ3n) is 3.40. The van der Waals surface area contributed by atoms with Crippen LogP contribution in [0.15, 0.2) is 16.8 Å². The summed E-state index contributed by atoms with van der Waals surface area (Å²) in [5.74, 6) is -0.825. The van der Waals surface area contributed by atoms with Gasteiger partial charge in [-0.15, -0.1) is 0 Å². The van der Waals surface area contributed by atoms with Gasteiger partial charge < -0.3 is 15.3 Å². The van der Waals surface area contributed by atoms with E-state index < -0.39 is 5.97 Å². The van der Waals surface area contributed by atoms with Gasteiger partial charge in [0.2, 0.25) is 0 Å². The molecule has 2 rings (SSSR count). The molecule has 7 heteroatoms. The molecule has 6 nitrogen and oxygen atoms in total. The molecular formula is C13H19N3O3S. The van der Waals surface area contributed by atoms with Crippen LogP contribution in [0.2, 0.25) is 0 Å². The largest absolute Gasteiger partial charge is 0.480 e. The van der Waals surface area contributed by atoms with Gasteiger partial charge in [-0.2, -0.15) is 11.3 Å². The second-order valence-electron chi connectivity index (χ2n) is 4.88. The lowest BCUT2D eigenvalue weighted by Crippen LogP contribution is -2.52. The quantitative estimate of drug-likeness (QED) is 0.876. The number of rotatable bonds is 4. The Kier molecular flexibility index (Phi) is 4.97. The summed E-state index contributed by atoms with van der Waals surface area (Å²) in [6.45, 7) is 4.34. The highest BCUT2D eigenvalue weighted by atomic mass is 32.1. The van der Waals surface area contributed by atoms with Crippen molar-refractivity contribution in [1.82, 2.24) is 15.1 Å². The molecular weight excluding hydrogens is 278 g/mol. The van der Waals surface area contributed by atoms with Crippen molar-refractivity contribution >= 4 is 23.3 Å². The predicted molar refractivity (Wildman–Crippen MR) is 76.9 cm³/mol. The number of piperazine rings is 1. The van der Waals surface area contributed by atoms with E-state index in [1.54, 1.807) is 16.2 Å². The van der Waals surface area contributed by atoms with Gasteiger partial charge >= 0.3 is 12.0 Å². The summed E-state index contributed by atoms with van der Waals surface area (Å²) >= 11 is 1.61. The first kappa shape index (κ1) is 14.8. The van der Waals surface area contributed by atoms with Crippen LogP contribution >= 0.6 is 11.3 Å². The summed E-state index contributed by atoms with van der Waals surface area (Å²) < 4.78 is 0. The molecule has 1 atom stereocenters. The molecule has 1 aromatic heterocycles. The van der Waals surface area contributed by atoms with E-state index in [-0.39, 0.29) is 18.6 Å². The number of aliphatic carboxylic acids is 1. The Morgan fingerprint density at radius 2 is 2.10 bits per heavy atom. The number of thiophene rings is 1. The number of hydrogen-bond acceptors (Lipinski definition) is 4. The van der Waals surface area contributed by atoms with Crippen molar-refractivity contribution in [3.05, 3.63) is 22.4 Å². The van der Waals surface area contributed by atoms with E-state index in [1.807, 2.05) is 28.7 Å². The number of carbonyl (C=O) groups is 2. The highest BCUT2D eigenvalue weighted by Gasteiger charge is 2.23. The normalized spacial score (nSPS) is 17.8. The number of nitrogens with one attached hydrogen (secondary N) is 1. The van der Waals surface area contributed by atoms with Crippen LogP contribution in [0.3, 0.4) is 0 Å². The minimum Gasteiger partial charge on any atom is -0.480 e. The standard InChI is InChI=1S/C13H19N3O3S/c1-10(11-2-7-20-9-11)14-13(19)16-5-3-15(4-6-16)8-12(17)18/h2,7,9-10H,3-6,8H2,1H3,(H,14,19)(H,17,18). The van der Waals surface area contributed by atoms with Crippen molar-refractivity contribution in [2.24, 2.45) is 0 Å². The second kappa shape index (κ2) is 6.71. The highest BCUT2D eigenvalue weighted by molar-refractivity contribution is 7.07. The van der Waals surface area contributed by atoms with Gasteiger partial charge in [0, 0.05) is 26.2 Å². The Hall–Kier alpha value is -1.60. The summed E-state index contributed by atoms with van der Waals surface area (Å²) in [6.07, 6.45) is 0. The second-order valence-corrected chi connectivity index (χ2v) is 5.66. The predicted octanol–water partition coefficient (Wildman–Crippen LogP) is 1.22. The topological polar surface area (TPSA) is 72.9 Å². The maximum atomic E-state index is 12.1. The highest BCUT2D eigenvalue weighted by Crippen LogP contribution is 2.16. The first-order chi connectivity index (χ1) is 9.56. The number of carboxylic acid groups (broad SMARTS) is 1. The van der Waals surface area contributed by atoms with Crippen molar-refractivity contribution in [1.29, 1.82) is 0 Å². The monoisotopic (exact) mass is 297 g/mol. The van der Waals surface area contributed by atoms with Crippen LogP contribution in [-0.4, -0.2) is 59.6 Å². The number of carboxylic acids is 1. The van der Waals surface area contributed by atoms with Gasteiger partial charge in [0.1, 0.15) is 0 Å². The Labute approximate surface area is 122 Å². The summed E-state index contributed by atoms with van der Waals surface area (Å²) in [4.78, 5) is 26.3. The molecule has 0 bridgehead atoms. The van der Waals surface area contributed by atoms with E-state index in [1.165, 1.54) is 0 Å². The van der Waals surface area contributed by atoms with Gasteiger partial charge in [-0.1, -0.05) is 0 Å². The lowest BCUT2D eigenvalue weighted by Gasteiger charge is -2.34. The van der Waals surface area contributed by atoms with E-state index in [9.17, 15) is 9.59 Å². The van der Waals surface area contributed by atoms with Crippen LogP contribution in [0, 0.1) is 0 Å².